The second kappa shape index (κ2) is 8.32. The molecule has 0 saturated carbocycles. The Labute approximate surface area is 163 Å². The summed E-state index contributed by atoms with van der Waals surface area (Å²) >= 11 is 0. The molecule has 1 aromatic heterocycles. The second-order valence-electron chi connectivity index (χ2n) is 6.02. The van der Waals surface area contributed by atoms with Gasteiger partial charge in [0.05, 0.1) is 22.8 Å². The number of hydrogen-bond acceptors (Lipinski definition) is 6. The number of rotatable bonds is 7. The lowest BCUT2D eigenvalue weighted by atomic mass is 10.1. The van der Waals surface area contributed by atoms with E-state index in [1.165, 1.54) is 30.6 Å². The lowest BCUT2D eigenvalue weighted by Crippen LogP contribution is -2.27. The van der Waals surface area contributed by atoms with Crippen LogP contribution in [-0.4, -0.2) is 35.8 Å². The summed E-state index contributed by atoms with van der Waals surface area (Å²) in [5.74, 6) is -0.486. The molecule has 3 rings (SSSR count). The molecular weight excluding hydrogens is 380 g/mol. The molecule has 2 aromatic carbocycles. The minimum atomic E-state index is -3.75. The molecule has 146 valence electrons. The topological polar surface area (TPSA) is 103 Å². The third-order valence-electron chi connectivity index (χ3n) is 4.08. The summed E-state index contributed by atoms with van der Waals surface area (Å²) in [6.07, 6.45) is 3.03. The van der Waals surface area contributed by atoms with Crippen molar-refractivity contribution in [3.63, 3.8) is 0 Å². The maximum absolute atomic E-state index is 12.6. The minimum absolute atomic E-state index is 0.0756. The largest absolute Gasteiger partial charge is 0.462 e. The van der Waals surface area contributed by atoms with Gasteiger partial charge in [0.15, 0.2) is 0 Å². The van der Waals surface area contributed by atoms with Crippen LogP contribution in [0.3, 0.4) is 0 Å². The predicted molar refractivity (Wildman–Crippen MR) is 102 cm³/mol. The standard InChI is InChI=1S/C19H20N4O4S/c1-3-27-19(24)16-6-10-18(11-7-16)28(25,26)22-14(2)15-4-8-17(9-5-15)23-13-20-12-21-23/h4-14,22H,3H2,1-2H3/t14-/m0/s1. The van der Waals surface area contributed by atoms with Gasteiger partial charge in [-0.1, -0.05) is 12.1 Å². The Hall–Kier alpha value is -3.04. The van der Waals surface area contributed by atoms with Crippen LogP contribution in [-0.2, 0) is 14.8 Å². The first-order valence-corrected chi connectivity index (χ1v) is 10.1. The lowest BCUT2D eigenvalue weighted by Gasteiger charge is -2.15. The van der Waals surface area contributed by atoms with Gasteiger partial charge >= 0.3 is 5.97 Å². The maximum atomic E-state index is 12.6. The van der Waals surface area contributed by atoms with Gasteiger partial charge in [-0.2, -0.15) is 5.10 Å². The van der Waals surface area contributed by atoms with E-state index in [4.69, 9.17) is 4.74 Å². The highest BCUT2D eigenvalue weighted by molar-refractivity contribution is 7.89. The average Bonchev–Trinajstić information content (AvgIpc) is 3.23. The molecule has 3 aromatic rings. The molecule has 0 fully saturated rings. The van der Waals surface area contributed by atoms with Gasteiger partial charge in [0.25, 0.3) is 0 Å². The number of aromatic nitrogens is 3. The van der Waals surface area contributed by atoms with Gasteiger partial charge in [0.2, 0.25) is 10.0 Å². The SMILES string of the molecule is CCOC(=O)c1ccc(S(=O)(=O)N[C@@H](C)c2ccc(-n3cncn3)cc2)cc1. The van der Waals surface area contributed by atoms with E-state index in [0.29, 0.717) is 5.56 Å². The van der Waals surface area contributed by atoms with E-state index in [2.05, 4.69) is 14.8 Å². The Morgan fingerprint density at radius 1 is 1.14 bits per heavy atom. The summed E-state index contributed by atoms with van der Waals surface area (Å²) in [6.45, 7) is 3.73. The summed E-state index contributed by atoms with van der Waals surface area (Å²) < 4.78 is 34.4. The van der Waals surface area contributed by atoms with Crippen LogP contribution in [0.2, 0.25) is 0 Å². The van der Waals surface area contributed by atoms with Crippen molar-refractivity contribution < 1.29 is 17.9 Å². The third kappa shape index (κ3) is 4.44. The molecule has 0 spiro atoms. The van der Waals surface area contributed by atoms with Crippen molar-refractivity contribution in [2.45, 2.75) is 24.8 Å². The van der Waals surface area contributed by atoms with Crippen molar-refractivity contribution in [3.05, 3.63) is 72.3 Å². The lowest BCUT2D eigenvalue weighted by molar-refractivity contribution is 0.0526. The van der Waals surface area contributed by atoms with Crippen LogP contribution in [0.15, 0.2) is 66.1 Å². The first kappa shape index (κ1) is 19.7. The summed E-state index contributed by atoms with van der Waals surface area (Å²) in [5.41, 5.74) is 1.93. The first-order valence-electron chi connectivity index (χ1n) is 8.65. The predicted octanol–water partition coefficient (Wildman–Crippen LogP) is 2.48. The summed E-state index contributed by atoms with van der Waals surface area (Å²) in [5, 5.41) is 4.05. The smallest absolute Gasteiger partial charge is 0.338 e. The fraction of sp³-hybridized carbons (Fsp3) is 0.211. The molecule has 1 heterocycles. The van der Waals surface area contributed by atoms with Crippen LogP contribution in [0, 0.1) is 0 Å². The molecule has 0 radical (unpaired) electrons. The van der Waals surface area contributed by atoms with E-state index < -0.39 is 22.0 Å². The zero-order valence-corrected chi connectivity index (χ0v) is 16.3. The summed E-state index contributed by atoms with van der Waals surface area (Å²) in [7, 11) is -3.75. The van der Waals surface area contributed by atoms with Crippen LogP contribution in [0.1, 0.15) is 35.8 Å². The molecule has 28 heavy (non-hydrogen) atoms. The van der Waals surface area contributed by atoms with E-state index in [0.717, 1.165) is 11.3 Å². The van der Waals surface area contributed by atoms with Crippen molar-refractivity contribution in [1.82, 2.24) is 19.5 Å². The molecule has 0 saturated heterocycles. The van der Waals surface area contributed by atoms with Crippen molar-refractivity contribution in [2.75, 3.05) is 6.61 Å². The molecule has 0 unspecified atom stereocenters. The van der Waals surface area contributed by atoms with Crippen LogP contribution in [0.5, 0.6) is 0 Å². The Bertz CT molecular complexity index is 1030. The van der Waals surface area contributed by atoms with E-state index in [1.54, 1.807) is 24.9 Å². The number of sulfonamides is 1. The van der Waals surface area contributed by atoms with Gasteiger partial charge in [0.1, 0.15) is 12.7 Å². The molecule has 0 aliphatic carbocycles. The highest BCUT2D eigenvalue weighted by Crippen LogP contribution is 2.19. The van der Waals surface area contributed by atoms with E-state index in [1.807, 2.05) is 24.3 Å². The van der Waals surface area contributed by atoms with Gasteiger partial charge < -0.3 is 4.74 Å². The Morgan fingerprint density at radius 2 is 1.82 bits per heavy atom. The molecule has 1 atom stereocenters. The summed E-state index contributed by atoms with van der Waals surface area (Å²) in [6, 6.07) is 12.5. The Morgan fingerprint density at radius 3 is 2.39 bits per heavy atom. The fourth-order valence-corrected chi connectivity index (χ4v) is 3.84. The van der Waals surface area contributed by atoms with Gasteiger partial charge in [-0.05, 0) is 55.8 Å². The molecular formula is C19H20N4O4S. The van der Waals surface area contributed by atoms with E-state index in [-0.39, 0.29) is 11.5 Å². The highest BCUT2D eigenvalue weighted by atomic mass is 32.2. The van der Waals surface area contributed by atoms with Crippen LogP contribution in [0.25, 0.3) is 5.69 Å². The van der Waals surface area contributed by atoms with Gasteiger partial charge in [-0.25, -0.2) is 27.6 Å². The Balaban J connectivity index is 1.72. The van der Waals surface area contributed by atoms with Crippen molar-refractivity contribution >= 4 is 16.0 Å². The molecule has 0 aliphatic heterocycles. The van der Waals surface area contributed by atoms with Crippen LogP contribution >= 0.6 is 0 Å². The van der Waals surface area contributed by atoms with Crippen molar-refractivity contribution in [3.8, 4) is 5.69 Å². The monoisotopic (exact) mass is 400 g/mol. The number of nitrogens with one attached hydrogen (secondary N) is 1. The summed E-state index contributed by atoms with van der Waals surface area (Å²) in [4.78, 5) is 15.7. The van der Waals surface area contributed by atoms with E-state index in [9.17, 15) is 13.2 Å². The third-order valence-corrected chi connectivity index (χ3v) is 5.64. The zero-order chi connectivity index (χ0) is 20.1. The van der Waals surface area contributed by atoms with E-state index >= 15 is 0 Å². The number of nitrogens with zero attached hydrogens (tertiary/aromatic N) is 3. The van der Waals surface area contributed by atoms with Crippen molar-refractivity contribution in [1.29, 1.82) is 0 Å². The Kier molecular flexibility index (Phi) is 5.86. The fourth-order valence-electron chi connectivity index (χ4n) is 2.61. The zero-order valence-electron chi connectivity index (χ0n) is 15.4. The molecule has 8 nitrogen and oxygen atoms in total. The van der Waals surface area contributed by atoms with Gasteiger partial charge in [-0.15, -0.1) is 0 Å². The molecule has 1 N–H and O–H groups in total. The second-order valence-corrected chi connectivity index (χ2v) is 7.73. The number of benzene rings is 2. The molecule has 0 amide bonds. The first-order chi connectivity index (χ1) is 13.4. The molecule has 0 bridgehead atoms. The van der Waals surface area contributed by atoms with Crippen LogP contribution < -0.4 is 4.72 Å². The van der Waals surface area contributed by atoms with Gasteiger partial charge in [0, 0.05) is 6.04 Å². The molecule has 9 heteroatoms. The minimum Gasteiger partial charge on any atom is -0.462 e. The quantitative estimate of drug-likeness (QED) is 0.611. The number of esters is 1. The van der Waals surface area contributed by atoms with Crippen LogP contribution in [0.4, 0.5) is 0 Å². The number of carbonyl (C=O) groups excluding carboxylic acids is 1. The maximum Gasteiger partial charge on any atom is 0.338 e. The normalized spacial score (nSPS) is 12.5. The number of carbonyl (C=O) groups is 1. The number of hydrogen-bond donors (Lipinski definition) is 1. The average molecular weight is 400 g/mol. The highest BCUT2D eigenvalue weighted by Gasteiger charge is 2.19. The van der Waals surface area contributed by atoms with Gasteiger partial charge in [-0.3, -0.25) is 0 Å². The van der Waals surface area contributed by atoms with Crippen molar-refractivity contribution in [2.24, 2.45) is 0 Å². The molecule has 0 aliphatic rings. The number of ether oxygens (including phenoxy) is 1.